The number of benzene rings is 1. The number of hydrogen-bond acceptors (Lipinski definition) is 3. The molecule has 2 amide bonds. The number of nitrogens with one attached hydrogen (secondary N) is 3. The van der Waals surface area contributed by atoms with Crippen molar-refractivity contribution in [1.82, 2.24) is 15.3 Å². The van der Waals surface area contributed by atoms with Crippen molar-refractivity contribution in [2.45, 2.75) is 13.0 Å². The number of urea groups is 1. The molecule has 7 nitrogen and oxygen atoms in total. The molecule has 1 aromatic heterocycles. The van der Waals surface area contributed by atoms with Crippen LogP contribution in [-0.2, 0) is 0 Å². The third-order valence-electron chi connectivity index (χ3n) is 2.74. The van der Waals surface area contributed by atoms with E-state index in [1.165, 1.54) is 6.07 Å². The van der Waals surface area contributed by atoms with Gasteiger partial charge in [-0.05, 0) is 25.1 Å². The lowest BCUT2D eigenvalue weighted by Crippen LogP contribution is -2.32. The molecule has 0 radical (unpaired) electrons. The molecule has 0 bridgehead atoms. The van der Waals surface area contributed by atoms with Crippen molar-refractivity contribution < 1.29 is 19.1 Å². The van der Waals surface area contributed by atoms with Gasteiger partial charge in [-0.1, -0.05) is 0 Å². The maximum Gasteiger partial charge on any atom is 0.337 e. The van der Waals surface area contributed by atoms with E-state index >= 15 is 0 Å². The molecule has 2 rings (SSSR count). The van der Waals surface area contributed by atoms with E-state index in [0.29, 0.717) is 5.82 Å². The Kier molecular flexibility index (Phi) is 4.17. The molecule has 0 fully saturated rings. The van der Waals surface area contributed by atoms with Gasteiger partial charge < -0.3 is 20.7 Å². The summed E-state index contributed by atoms with van der Waals surface area (Å²) < 4.78 is 13.0. The molecule has 0 spiro atoms. The van der Waals surface area contributed by atoms with E-state index in [0.717, 1.165) is 12.1 Å². The largest absolute Gasteiger partial charge is 0.478 e. The van der Waals surface area contributed by atoms with Crippen LogP contribution in [0.3, 0.4) is 0 Å². The molecular formula is C13H13FN4O3. The summed E-state index contributed by atoms with van der Waals surface area (Å²) in [6, 6.07) is 2.09. The zero-order valence-electron chi connectivity index (χ0n) is 11.1. The van der Waals surface area contributed by atoms with Gasteiger partial charge in [0.2, 0.25) is 0 Å². The van der Waals surface area contributed by atoms with E-state index in [-0.39, 0.29) is 11.3 Å². The third kappa shape index (κ3) is 3.56. The Morgan fingerprint density at radius 3 is 2.81 bits per heavy atom. The summed E-state index contributed by atoms with van der Waals surface area (Å²) in [6.45, 7) is 1.71. The average Bonchev–Trinajstić information content (AvgIpc) is 2.94. The Labute approximate surface area is 119 Å². The molecule has 0 aliphatic carbocycles. The first-order valence-corrected chi connectivity index (χ1v) is 6.07. The molecule has 4 N–H and O–H groups in total. The first kappa shape index (κ1) is 14.5. The highest BCUT2D eigenvalue weighted by atomic mass is 19.1. The summed E-state index contributed by atoms with van der Waals surface area (Å²) in [4.78, 5) is 29.7. The van der Waals surface area contributed by atoms with Crippen LogP contribution in [0.2, 0.25) is 0 Å². The van der Waals surface area contributed by atoms with Crippen LogP contribution >= 0.6 is 0 Å². The average molecular weight is 292 g/mol. The third-order valence-corrected chi connectivity index (χ3v) is 2.74. The fourth-order valence-electron chi connectivity index (χ4n) is 1.74. The first-order valence-electron chi connectivity index (χ1n) is 6.07. The first-order chi connectivity index (χ1) is 9.97. The highest BCUT2D eigenvalue weighted by Crippen LogP contribution is 2.17. The lowest BCUT2D eigenvalue weighted by Gasteiger charge is -2.13. The number of halogens is 1. The van der Waals surface area contributed by atoms with Gasteiger partial charge in [0.15, 0.2) is 0 Å². The van der Waals surface area contributed by atoms with Crippen LogP contribution in [0.15, 0.2) is 30.6 Å². The van der Waals surface area contributed by atoms with Crippen molar-refractivity contribution >= 4 is 17.7 Å². The minimum atomic E-state index is -1.33. The smallest absolute Gasteiger partial charge is 0.337 e. The van der Waals surface area contributed by atoms with Crippen molar-refractivity contribution in [2.75, 3.05) is 5.32 Å². The monoisotopic (exact) mass is 292 g/mol. The molecule has 0 saturated heterocycles. The molecule has 0 saturated carbocycles. The second-order valence-electron chi connectivity index (χ2n) is 4.29. The van der Waals surface area contributed by atoms with Gasteiger partial charge in [-0.25, -0.2) is 19.0 Å². The van der Waals surface area contributed by atoms with E-state index in [4.69, 9.17) is 5.11 Å². The number of hydrogen-bond donors (Lipinski definition) is 4. The molecule has 1 aromatic carbocycles. The van der Waals surface area contributed by atoms with E-state index in [9.17, 15) is 14.0 Å². The Hall–Kier alpha value is -2.90. The van der Waals surface area contributed by atoms with Gasteiger partial charge >= 0.3 is 12.0 Å². The quantitative estimate of drug-likeness (QED) is 0.692. The molecule has 110 valence electrons. The number of aromatic carboxylic acids is 1. The maximum atomic E-state index is 13.0. The molecule has 1 atom stereocenters. The van der Waals surface area contributed by atoms with Crippen LogP contribution in [0.5, 0.6) is 0 Å². The van der Waals surface area contributed by atoms with Crippen LogP contribution in [0.25, 0.3) is 0 Å². The number of H-pyrrole nitrogens is 1. The van der Waals surface area contributed by atoms with Crippen molar-refractivity contribution in [3.63, 3.8) is 0 Å². The fourth-order valence-corrected chi connectivity index (χ4v) is 1.74. The topological polar surface area (TPSA) is 107 Å². The van der Waals surface area contributed by atoms with Gasteiger partial charge in [0, 0.05) is 12.4 Å². The van der Waals surface area contributed by atoms with Gasteiger partial charge in [-0.2, -0.15) is 0 Å². The van der Waals surface area contributed by atoms with Crippen molar-refractivity contribution in [1.29, 1.82) is 0 Å². The Balaban J connectivity index is 2.08. The molecule has 8 heteroatoms. The zero-order valence-corrected chi connectivity index (χ0v) is 11.1. The van der Waals surface area contributed by atoms with E-state index in [1.807, 2.05) is 0 Å². The van der Waals surface area contributed by atoms with Crippen molar-refractivity contribution in [2.24, 2.45) is 0 Å². The lowest BCUT2D eigenvalue weighted by molar-refractivity contribution is 0.0697. The van der Waals surface area contributed by atoms with Crippen LogP contribution in [-0.4, -0.2) is 27.1 Å². The second-order valence-corrected chi connectivity index (χ2v) is 4.29. The summed E-state index contributed by atoms with van der Waals surface area (Å²) >= 11 is 0. The van der Waals surface area contributed by atoms with E-state index in [2.05, 4.69) is 20.6 Å². The number of nitrogens with zero attached hydrogens (tertiary/aromatic N) is 1. The Bertz CT molecular complexity index is 657. The van der Waals surface area contributed by atoms with Gasteiger partial charge in [-0.3, -0.25) is 0 Å². The summed E-state index contributed by atoms with van der Waals surface area (Å²) in [7, 11) is 0. The van der Waals surface area contributed by atoms with Crippen LogP contribution < -0.4 is 10.6 Å². The predicted octanol–water partition coefficient (Wildman–Crippen LogP) is 2.13. The normalized spacial score (nSPS) is 11.7. The Morgan fingerprint density at radius 2 is 2.19 bits per heavy atom. The van der Waals surface area contributed by atoms with Gasteiger partial charge in [-0.15, -0.1) is 0 Å². The highest BCUT2D eigenvalue weighted by molar-refractivity contribution is 6.00. The number of carbonyl (C=O) groups excluding carboxylic acids is 1. The minimum absolute atomic E-state index is 0.00745. The summed E-state index contributed by atoms with van der Waals surface area (Å²) in [5.74, 6) is -1.46. The molecule has 0 aliphatic rings. The summed E-state index contributed by atoms with van der Waals surface area (Å²) in [5.41, 5.74) is -0.316. The highest BCUT2D eigenvalue weighted by Gasteiger charge is 2.16. The number of imidazole rings is 1. The molecule has 2 aromatic rings. The SMILES string of the molecule is CC(NC(=O)Nc1ccc(F)cc1C(=O)O)c1ncc[nH]1. The fraction of sp³-hybridized carbons (Fsp3) is 0.154. The molecule has 1 heterocycles. The second kappa shape index (κ2) is 6.04. The molecule has 1 unspecified atom stereocenters. The van der Waals surface area contributed by atoms with Crippen LogP contribution in [0, 0.1) is 5.82 Å². The standard InChI is InChI=1S/C13H13FN4O3/c1-7(11-15-4-5-16-11)17-13(21)18-10-3-2-8(14)6-9(10)12(19)20/h2-7H,1H3,(H,15,16)(H,19,20)(H2,17,18,21). The number of carbonyl (C=O) groups is 2. The number of aromatic amines is 1. The Morgan fingerprint density at radius 1 is 1.43 bits per heavy atom. The lowest BCUT2D eigenvalue weighted by atomic mass is 10.1. The van der Waals surface area contributed by atoms with Crippen molar-refractivity contribution in [3.05, 3.63) is 47.8 Å². The molecular weight excluding hydrogens is 279 g/mol. The van der Waals surface area contributed by atoms with Gasteiger partial charge in [0.05, 0.1) is 17.3 Å². The van der Waals surface area contributed by atoms with E-state index < -0.39 is 23.9 Å². The number of carboxylic acid groups (broad SMARTS) is 1. The van der Waals surface area contributed by atoms with Crippen LogP contribution in [0.4, 0.5) is 14.9 Å². The number of anilines is 1. The van der Waals surface area contributed by atoms with Crippen LogP contribution in [0.1, 0.15) is 29.1 Å². The van der Waals surface area contributed by atoms with Gasteiger partial charge in [0.25, 0.3) is 0 Å². The number of carboxylic acids is 1. The maximum absolute atomic E-state index is 13.0. The molecule has 21 heavy (non-hydrogen) atoms. The minimum Gasteiger partial charge on any atom is -0.478 e. The van der Waals surface area contributed by atoms with Gasteiger partial charge in [0.1, 0.15) is 11.6 Å². The zero-order chi connectivity index (χ0) is 15.4. The predicted molar refractivity (Wildman–Crippen MR) is 72.5 cm³/mol. The molecule has 0 aliphatic heterocycles. The number of amides is 2. The number of aromatic nitrogens is 2. The van der Waals surface area contributed by atoms with Crippen molar-refractivity contribution in [3.8, 4) is 0 Å². The number of rotatable bonds is 4. The summed E-state index contributed by atoms with van der Waals surface area (Å²) in [5, 5.41) is 13.9. The summed E-state index contributed by atoms with van der Waals surface area (Å²) in [6.07, 6.45) is 3.17. The van der Waals surface area contributed by atoms with E-state index in [1.54, 1.807) is 19.3 Å².